The Bertz CT molecular complexity index is 587. The Hall–Kier alpha value is -2.17. The minimum Gasteiger partial charge on any atom is -0.387 e. The second-order valence-electron chi connectivity index (χ2n) is 5.70. The van der Waals surface area contributed by atoms with Crippen LogP contribution in [0.15, 0.2) is 60.7 Å². The molecule has 0 bridgehead atoms. The minimum atomic E-state index is -0.543. The second-order valence-corrected chi connectivity index (χ2v) is 5.70. The molecule has 2 atom stereocenters. The van der Waals surface area contributed by atoms with E-state index in [4.69, 9.17) is 0 Å². The summed E-state index contributed by atoms with van der Waals surface area (Å²) < 4.78 is 0. The molecule has 0 aliphatic carbocycles. The zero-order valence-corrected chi connectivity index (χ0v) is 13.4. The van der Waals surface area contributed by atoms with Crippen LogP contribution in [0.3, 0.4) is 0 Å². The summed E-state index contributed by atoms with van der Waals surface area (Å²) in [6.45, 7) is 2.98. The normalized spacial score (nSPS) is 13.3. The van der Waals surface area contributed by atoms with Gasteiger partial charge in [-0.3, -0.25) is 4.79 Å². The van der Waals surface area contributed by atoms with Gasteiger partial charge in [0.15, 0.2) is 0 Å². The molecule has 1 amide bonds. The molecule has 2 aromatic carbocycles. The number of hydrogen-bond donors (Lipinski definition) is 3. The first-order chi connectivity index (χ1) is 11.1. The van der Waals surface area contributed by atoms with Crippen molar-refractivity contribution in [3.63, 3.8) is 0 Å². The van der Waals surface area contributed by atoms with Crippen molar-refractivity contribution in [2.75, 3.05) is 13.1 Å². The van der Waals surface area contributed by atoms with Gasteiger partial charge in [0.05, 0.1) is 12.5 Å². The zero-order chi connectivity index (χ0) is 16.5. The molecule has 0 radical (unpaired) electrons. The fourth-order valence-electron chi connectivity index (χ4n) is 2.29. The third kappa shape index (κ3) is 6.22. The molecule has 122 valence electrons. The molecule has 2 rings (SSSR count). The minimum absolute atomic E-state index is 0.00783. The highest BCUT2D eigenvalue weighted by Gasteiger charge is 2.10. The van der Waals surface area contributed by atoms with Gasteiger partial charge in [0.1, 0.15) is 0 Å². The Labute approximate surface area is 137 Å². The van der Waals surface area contributed by atoms with Gasteiger partial charge in [-0.05, 0) is 18.1 Å². The number of amides is 1. The summed E-state index contributed by atoms with van der Waals surface area (Å²) in [5.74, 6) is 0.00783. The summed E-state index contributed by atoms with van der Waals surface area (Å²) in [5.41, 5.74) is 1.89. The van der Waals surface area contributed by atoms with Gasteiger partial charge in [-0.15, -0.1) is 0 Å². The quantitative estimate of drug-likeness (QED) is 0.699. The lowest BCUT2D eigenvalue weighted by molar-refractivity contribution is -0.120. The zero-order valence-electron chi connectivity index (χ0n) is 13.4. The fraction of sp³-hybridized carbons (Fsp3) is 0.316. The third-order valence-corrected chi connectivity index (χ3v) is 3.66. The summed E-state index contributed by atoms with van der Waals surface area (Å²) in [7, 11) is 0. The van der Waals surface area contributed by atoms with E-state index in [2.05, 4.69) is 10.6 Å². The maximum Gasteiger partial charge on any atom is 0.224 e. The molecule has 0 fully saturated rings. The summed E-state index contributed by atoms with van der Waals surface area (Å²) in [6.07, 6.45) is -0.154. The lowest BCUT2D eigenvalue weighted by Gasteiger charge is -2.18. The molecule has 2 aromatic rings. The van der Waals surface area contributed by atoms with Crippen LogP contribution in [0.5, 0.6) is 0 Å². The van der Waals surface area contributed by atoms with E-state index in [9.17, 15) is 9.90 Å². The first kappa shape index (κ1) is 17.2. The summed E-state index contributed by atoms with van der Waals surface area (Å²) in [6, 6.07) is 19.3. The number of rotatable bonds is 8. The predicted octanol–water partition coefficient (Wildman–Crippen LogP) is 2.06. The molecule has 0 aromatic heterocycles. The number of carbonyl (C=O) groups is 1. The van der Waals surface area contributed by atoms with Crippen molar-refractivity contribution >= 4 is 5.91 Å². The standard InChI is InChI=1S/C19H24N2O2/c1-15(20-14-18(22)17-10-6-3-7-11-17)13-21-19(23)12-16-8-4-2-5-9-16/h2-11,15,18,20,22H,12-14H2,1H3,(H,21,23)/t15-,18+/m1/s1. The second kappa shape index (κ2) is 9.08. The monoisotopic (exact) mass is 312 g/mol. The van der Waals surface area contributed by atoms with Crippen LogP contribution in [0.1, 0.15) is 24.2 Å². The lowest BCUT2D eigenvalue weighted by Crippen LogP contribution is -2.41. The van der Waals surface area contributed by atoms with E-state index in [1.807, 2.05) is 67.6 Å². The number of aliphatic hydroxyl groups is 1. The molecular weight excluding hydrogens is 288 g/mol. The largest absolute Gasteiger partial charge is 0.387 e. The molecule has 4 heteroatoms. The predicted molar refractivity (Wildman–Crippen MR) is 92.0 cm³/mol. The van der Waals surface area contributed by atoms with E-state index in [0.29, 0.717) is 19.5 Å². The van der Waals surface area contributed by atoms with Crippen molar-refractivity contribution in [2.24, 2.45) is 0 Å². The van der Waals surface area contributed by atoms with Crippen molar-refractivity contribution in [1.82, 2.24) is 10.6 Å². The van der Waals surface area contributed by atoms with Crippen LogP contribution in [0.2, 0.25) is 0 Å². The van der Waals surface area contributed by atoms with Gasteiger partial charge in [0, 0.05) is 19.1 Å². The van der Waals surface area contributed by atoms with E-state index in [1.165, 1.54) is 0 Å². The average molecular weight is 312 g/mol. The Morgan fingerprint density at radius 3 is 2.26 bits per heavy atom. The van der Waals surface area contributed by atoms with Crippen LogP contribution < -0.4 is 10.6 Å². The lowest BCUT2D eigenvalue weighted by atomic mass is 10.1. The molecule has 0 spiro atoms. The molecule has 0 unspecified atom stereocenters. The summed E-state index contributed by atoms with van der Waals surface area (Å²) in [4.78, 5) is 11.9. The van der Waals surface area contributed by atoms with Crippen LogP contribution in [-0.4, -0.2) is 30.1 Å². The molecule has 0 heterocycles. The highest BCUT2D eigenvalue weighted by atomic mass is 16.3. The van der Waals surface area contributed by atoms with Crippen molar-refractivity contribution in [3.8, 4) is 0 Å². The van der Waals surface area contributed by atoms with Crippen LogP contribution in [0.25, 0.3) is 0 Å². The Morgan fingerprint density at radius 2 is 1.61 bits per heavy atom. The Kier molecular flexibility index (Phi) is 6.78. The first-order valence-electron chi connectivity index (χ1n) is 7.92. The van der Waals surface area contributed by atoms with Gasteiger partial charge < -0.3 is 15.7 Å². The molecule has 4 nitrogen and oxygen atoms in total. The SMILES string of the molecule is C[C@H](CNC(=O)Cc1ccccc1)NC[C@H](O)c1ccccc1. The van der Waals surface area contributed by atoms with Crippen LogP contribution >= 0.6 is 0 Å². The highest BCUT2D eigenvalue weighted by molar-refractivity contribution is 5.78. The van der Waals surface area contributed by atoms with E-state index < -0.39 is 6.10 Å². The highest BCUT2D eigenvalue weighted by Crippen LogP contribution is 2.10. The van der Waals surface area contributed by atoms with E-state index in [-0.39, 0.29) is 11.9 Å². The van der Waals surface area contributed by atoms with E-state index in [0.717, 1.165) is 11.1 Å². The third-order valence-electron chi connectivity index (χ3n) is 3.66. The molecule has 0 saturated carbocycles. The first-order valence-corrected chi connectivity index (χ1v) is 7.92. The van der Waals surface area contributed by atoms with Crippen molar-refractivity contribution in [3.05, 3.63) is 71.8 Å². The van der Waals surface area contributed by atoms with E-state index in [1.54, 1.807) is 0 Å². The molecule has 3 N–H and O–H groups in total. The van der Waals surface area contributed by atoms with Gasteiger partial charge in [-0.2, -0.15) is 0 Å². The number of aliphatic hydroxyl groups excluding tert-OH is 1. The van der Waals surface area contributed by atoms with Crippen molar-refractivity contribution in [1.29, 1.82) is 0 Å². The number of nitrogens with one attached hydrogen (secondary N) is 2. The molecule has 23 heavy (non-hydrogen) atoms. The maximum absolute atomic E-state index is 11.9. The number of benzene rings is 2. The van der Waals surface area contributed by atoms with Crippen molar-refractivity contribution < 1.29 is 9.90 Å². The molecule has 0 aliphatic heterocycles. The van der Waals surface area contributed by atoms with Gasteiger partial charge in [-0.1, -0.05) is 60.7 Å². The Morgan fingerprint density at radius 1 is 1.00 bits per heavy atom. The van der Waals surface area contributed by atoms with Gasteiger partial charge in [0.2, 0.25) is 5.91 Å². The summed E-state index contributed by atoms with van der Waals surface area (Å²) >= 11 is 0. The van der Waals surface area contributed by atoms with Gasteiger partial charge >= 0.3 is 0 Å². The van der Waals surface area contributed by atoms with Crippen LogP contribution in [0.4, 0.5) is 0 Å². The smallest absolute Gasteiger partial charge is 0.224 e. The fourth-order valence-corrected chi connectivity index (χ4v) is 2.29. The summed E-state index contributed by atoms with van der Waals surface area (Å²) in [5, 5.41) is 16.2. The maximum atomic E-state index is 11.9. The number of carbonyl (C=O) groups excluding carboxylic acids is 1. The van der Waals surface area contributed by atoms with Gasteiger partial charge in [-0.25, -0.2) is 0 Å². The van der Waals surface area contributed by atoms with E-state index >= 15 is 0 Å². The molecule has 0 aliphatic rings. The molecular formula is C19H24N2O2. The van der Waals surface area contributed by atoms with Crippen LogP contribution in [-0.2, 0) is 11.2 Å². The number of hydrogen-bond acceptors (Lipinski definition) is 3. The molecule has 0 saturated heterocycles. The Balaban J connectivity index is 1.67. The average Bonchev–Trinajstić information content (AvgIpc) is 2.59. The van der Waals surface area contributed by atoms with Gasteiger partial charge in [0.25, 0.3) is 0 Å². The van der Waals surface area contributed by atoms with Crippen LogP contribution in [0, 0.1) is 0 Å². The van der Waals surface area contributed by atoms with Crippen molar-refractivity contribution in [2.45, 2.75) is 25.5 Å². The topological polar surface area (TPSA) is 61.4 Å².